The predicted molar refractivity (Wildman–Crippen MR) is 82.8 cm³/mol. The number of rotatable bonds is 5. The van der Waals surface area contributed by atoms with Crippen molar-refractivity contribution >= 4 is 33.0 Å². The average molecular weight is 325 g/mol. The topological polar surface area (TPSA) is 38.0 Å². The van der Waals surface area contributed by atoms with Crippen LogP contribution in [0.25, 0.3) is 0 Å². The fourth-order valence-electron chi connectivity index (χ4n) is 1.75. The van der Waals surface area contributed by atoms with Crippen molar-refractivity contribution in [3.05, 3.63) is 50.1 Å². The average Bonchev–Trinajstić information content (AvgIpc) is 2.80. The fraction of sp³-hybridized carbons (Fsp3) is 0.286. The Morgan fingerprint density at radius 3 is 2.61 bits per heavy atom. The summed E-state index contributed by atoms with van der Waals surface area (Å²) >= 11 is 5.29. The lowest BCUT2D eigenvalue weighted by Crippen LogP contribution is -2.13. The van der Waals surface area contributed by atoms with Gasteiger partial charge in [0.2, 0.25) is 0 Å². The Balaban J connectivity index is 1.88. The van der Waals surface area contributed by atoms with Gasteiger partial charge in [0, 0.05) is 33.0 Å². The molecule has 0 aliphatic carbocycles. The summed E-state index contributed by atoms with van der Waals surface area (Å²) < 4.78 is 1.02. The molecular weight excluding hydrogens is 308 g/mol. The minimum absolute atomic E-state index is 0.804. The van der Waals surface area contributed by atoms with Gasteiger partial charge in [-0.15, -0.1) is 11.3 Å². The minimum Gasteiger partial charge on any atom is -0.398 e. The van der Waals surface area contributed by atoms with Gasteiger partial charge in [0.05, 0.1) is 0 Å². The molecule has 0 radical (unpaired) electrons. The van der Waals surface area contributed by atoms with E-state index in [1.807, 2.05) is 23.5 Å². The fourth-order valence-corrected chi connectivity index (χ4v) is 3.06. The maximum absolute atomic E-state index is 5.96. The van der Waals surface area contributed by atoms with E-state index in [-0.39, 0.29) is 0 Å². The molecule has 1 aromatic heterocycles. The highest BCUT2D eigenvalue weighted by molar-refractivity contribution is 9.10. The number of halogens is 1. The lowest BCUT2D eigenvalue weighted by Gasteiger charge is -2.07. The van der Waals surface area contributed by atoms with E-state index in [0.717, 1.165) is 35.2 Å². The first kappa shape index (κ1) is 13.6. The molecule has 4 heteroatoms. The summed E-state index contributed by atoms with van der Waals surface area (Å²) in [6, 6.07) is 10.4. The monoisotopic (exact) mass is 324 g/mol. The zero-order valence-electron chi connectivity index (χ0n) is 10.4. The third-order valence-electron chi connectivity index (χ3n) is 2.79. The number of nitrogens with one attached hydrogen (secondary N) is 1. The molecule has 0 saturated carbocycles. The zero-order chi connectivity index (χ0) is 13.0. The van der Waals surface area contributed by atoms with Gasteiger partial charge in [-0.3, -0.25) is 0 Å². The van der Waals surface area contributed by atoms with Gasteiger partial charge in [-0.2, -0.15) is 0 Å². The normalized spacial score (nSPS) is 10.8. The van der Waals surface area contributed by atoms with Crippen LogP contribution < -0.4 is 11.1 Å². The van der Waals surface area contributed by atoms with E-state index in [9.17, 15) is 0 Å². The highest BCUT2D eigenvalue weighted by atomic mass is 79.9. The lowest BCUT2D eigenvalue weighted by atomic mass is 10.2. The minimum atomic E-state index is 0.804. The van der Waals surface area contributed by atoms with Crippen LogP contribution >= 0.6 is 27.3 Å². The Labute approximate surface area is 120 Å². The van der Waals surface area contributed by atoms with Crippen molar-refractivity contribution in [1.29, 1.82) is 0 Å². The third kappa shape index (κ3) is 3.57. The van der Waals surface area contributed by atoms with Crippen LogP contribution in [0.15, 0.2) is 34.8 Å². The molecule has 18 heavy (non-hydrogen) atoms. The maximum Gasteiger partial charge on any atom is 0.0370 e. The van der Waals surface area contributed by atoms with Crippen molar-refractivity contribution < 1.29 is 0 Å². The molecule has 1 heterocycles. The van der Waals surface area contributed by atoms with Gasteiger partial charge in [-0.1, -0.05) is 28.9 Å². The van der Waals surface area contributed by atoms with Crippen LogP contribution in [-0.2, 0) is 19.5 Å². The molecule has 0 atom stereocenters. The summed E-state index contributed by atoms with van der Waals surface area (Å²) in [4.78, 5) is 2.82. The smallest absolute Gasteiger partial charge is 0.0370 e. The van der Waals surface area contributed by atoms with Gasteiger partial charge in [0.1, 0.15) is 0 Å². The van der Waals surface area contributed by atoms with Crippen LogP contribution in [0.1, 0.15) is 22.2 Å². The number of nitrogens with two attached hydrogens (primary N) is 1. The Bertz CT molecular complexity index is 522. The second kappa shape index (κ2) is 6.36. The SMILES string of the molecule is CCc1ccc(CNCc2ccc(Br)cc2N)s1. The molecular formula is C14H17BrN2S. The molecule has 0 spiro atoms. The highest BCUT2D eigenvalue weighted by Crippen LogP contribution is 2.19. The largest absolute Gasteiger partial charge is 0.398 e. The zero-order valence-corrected chi connectivity index (χ0v) is 12.8. The van der Waals surface area contributed by atoms with Crippen molar-refractivity contribution in [2.75, 3.05) is 5.73 Å². The summed E-state index contributed by atoms with van der Waals surface area (Å²) in [5.41, 5.74) is 7.93. The molecule has 0 saturated heterocycles. The number of hydrogen-bond acceptors (Lipinski definition) is 3. The molecule has 2 aromatic rings. The molecule has 0 fully saturated rings. The van der Waals surface area contributed by atoms with Crippen LogP contribution in [0.3, 0.4) is 0 Å². The van der Waals surface area contributed by atoms with Crippen molar-refractivity contribution in [3.8, 4) is 0 Å². The molecule has 2 nitrogen and oxygen atoms in total. The van der Waals surface area contributed by atoms with Gasteiger partial charge < -0.3 is 11.1 Å². The summed E-state index contributed by atoms with van der Waals surface area (Å²) in [6.07, 6.45) is 1.12. The molecule has 3 N–H and O–H groups in total. The molecule has 96 valence electrons. The van der Waals surface area contributed by atoms with E-state index in [2.05, 4.69) is 46.4 Å². The quantitative estimate of drug-likeness (QED) is 0.817. The van der Waals surface area contributed by atoms with Gasteiger partial charge in [0.15, 0.2) is 0 Å². The predicted octanol–water partition coefficient (Wildman–Crippen LogP) is 3.95. The first-order chi connectivity index (χ1) is 8.69. The van der Waals surface area contributed by atoms with Gasteiger partial charge in [0.25, 0.3) is 0 Å². The third-order valence-corrected chi connectivity index (χ3v) is 4.51. The van der Waals surface area contributed by atoms with Crippen LogP contribution in [0, 0.1) is 0 Å². The summed E-state index contributed by atoms with van der Waals surface area (Å²) in [7, 11) is 0. The second-order valence-electron chi connectivity index (χ2n) is 4.17. The van der Waals surface area contributed by atoms with Crippen molar-refractivity contribution in [2.45, 2.75) is 26.4 Å². The molecule has 0 aliphatic heterocycles. The van der Waals surface area contributed by atoms with Crippen LogP contribution in [0.5, 0.6) is 0 Å². The van der Waals surface area contributed by atoms with E-state index >= 15 is 0 Å². The van der Waals surface area contributed by atoms with E-state index in [1.165, 1.54) is 9.75 Å². The Morgan fingerprint density at radius 2 is 1.94 bits per heavy atom. The Morgan fingerprint density at radius 1 is 1.17 bits per heavy atom. The molecule has 0 aliphatic rings. The number of anilines is 1. The Kier molecular flexibility index (Phi) is 4.80. The van der Waals surface area contributed by atoms with Crippen LogP contribution in [0.4, 0.5) is 5.69 Å². The molecule has 0 amide bonds. The van der Waals surface area contributed by atoms with Gasteiger partial charge >= 0.3 is 0 Å². The number of benzene rings is 1. The van der Waals surface area contributed by atoms with Gasteiger partial charge in [-0.05, 0) is 36.2 Å². The summed E-state index contributed by atoms with van der Waals surface area (Å²) in [6.45, 7) is 3.89. The van der Waals surface area contributed by atoms with Crippen molar-refractivity contribution in [1.82, 2.24) is 5.32 Å². The summed E-state index contributed by atoms with van der Waals surface area (Å²) in [5, 5.41) is 3.43. The standard InChI is InChI=1S/C14H17BrN2S/c1-2-12-5-6-13(18-12)9-17-8-10-3-4-11(15)7-14(10)16/h3-7,17H,2,8-9,16H2,1H3. The van der Waals surface area contributed by atoms with Crippen LogP contribution in [-0.4, -0.2) is 0 Å². The van der Waals surface area contributed by atoms with Crippen molar-refractivity contribution in [2.24, 2.45) is 0 Å². The lowest BCUT2D eigenvalue weighted by molar-refractivity contribution is 0.702. The molecule has 1 aromatic carbocycles. The van der Waals surface area contributed by atoms with E-state index in [1.54, 1.807) is 0 Å². The first-order valence-electron chi connectivity index (χ1n) is 6.01. The van der Waals surface area contributed by atoms with E-state index < -0.39 is 0 Å². The number of hydrogen-bond donors (Lipinski definition) is 2. The first-order valence-corrected chi connectivity index (χ1v) is 7.62. The molecule has 2 rings (SSSR count). The van der Waals surface area contributed by atoms with Crippen LogP contribution in [0.2, 0.25) is 0 Å². The van der Waals surface area contributed by atoms with Crippen molar-refractivity contribution in [3.63, 3.8) is 0 Å². The van der Waals surface area contributed by atoms with Gasteiger partial charge in [-0.25, -0.2) is 0 Å². The Hall–Kier alpha value is -0.840. The number of thiophene rings is 1. The molecule has 0 unspecified atom stereocenters. The number of nitrogen functional groups attached to an aromatic ring is 1. The summed E-state index contributed by atoms with van der Waals surface area (Å²) in [5.74, 6) is 0. The highest BCUT2D eigenvalue weighted by Gasteiger charge is 2.01. The van der Waals surface area contributed by atoms with E-state index in [4.69, 9.17) is 5.73 Å². The van der Waals surface area contributed by atoms with E-state index in [0.29, 0.717) is 0 Å². The maximum atomic E-state index is 5.96. The number of aryl methyl sites for hydroxylation is 1. The second-order valence-corrected chi connectivity index (χ2v) is 6.34. The molecule has 0 bridgehead atoms.